The summed E-state index contributed by atoms with van der Waals surface area (Å²) in [4.78, 5) is 16.5. The number of aliphatic carboxylic acids is 1. The number of carboxylic acid groups (broad SMARTS) is 1. The number of hydrogen-bond acceptors (Lipinski definition) is 8. The van der Waals surface area contributed by atoms with E-state index < -0.39 is 22.2 Å². The van der Waals surface area contributed by atoms with Gasteiger partial charge in [-0.2, -0.15) is 8.42 Å². The molecule has 9 nitrogen and oxygen atoms in total. The molecular weight excluding hydrogens is 438 g/mol. The van der Waals surface area contributed by atoms with Crippen LogP contribution in [0.2, 0.25) is 0 Å². The van der Waals surface area contributed by atoms with Gasteiger partial charge in [-0.05, 0) is 55.8 Å². The van der Waals surface area contributed by atoms with Crippen molar-refractivity contribution in [2.75, 3.05) is 19.5 Å². The molecule has 2 rings (SSSR count). The van der Waals surface area contributed by atoms with Gasteiger partial charge in [0.1, 0.15) is 23.5 Å². The maximum atomic E-state index is 11.2. The normalized spacial score (nSPS) is 12.8. The van der Waals surface area contributed by atoms with Gasteiger partial charge < -0.3 is 18.8 Å². The van der Waals surface area contributed by atoms with Crippen molar-refractivity contribution in [3.63, 3.8) is 0 Å². The van der Waals surface area contributed by atoms with E-state index in [1.807, 2.05) is 6.92 Å². The Kier molecular flexibility index (Phi) is 9.51. The Balaban J connectivity index is 2.11. The lowest BCUT2D eigenvalue weighted by Gasteiger charge is -2.13. The highest BCUT2D eigenvalue weighted by atomic mass is 32.2. The number of hydrogen-bond donors (Lipinski definition) is 2. The number of nitrogens with one attached hydrogen (secondary N) is 1. The molecule has 1 atom stereocenters. The molecule has 0 aliphatic carbocycles. The van der Waals surface area contributed by atoms with Gasteiger partial charge in [0, 0.05) is 18.6 Å². The Morgan fingerprint density at radius 2 is 1.66 bits per heavy atom. The van der Waals surface area contributed by atoms with Gasteiger partial charge in [-0.1, -0.05) is 12.1 Å². The molecule has 0 aliphatic rings. The summed E-state index contributed by atoms with van der Waals surface area (Å²) in [6.45, 7) is 4.30. The maximum absolute atomic E-state index is 11.2. The molecule has 2 aromatic rings. The standard InChI is InChI=1S/C22H27NO8S/c1-4-28-21(22(24)25)14-16-6-10-18(11-7-16)29-15-20(23-30-5-2)17-8-12-19(13-9-17)31-32(3,26)27/h6-13,15,21,23H,4-5,14H2,1-3H3,(H,24,25). The smallest absolute Gasteiger partial charge is 0.333 e. The molecule has 0 bridgehead atoms. The van der Waals surface area contributed by atoms with Gasteiger partial charge in [0.2, 0.25) is 0 Å². The van der Waals surface area contributed by atoms with E-state index in [0.29, 0.717) is 30.2 Å². The quantitative estimate of drug-likeness (QED) is 0.261. The van der Waals surface area contributed by atoms with Crippen LogP contribution in [-0.4, -0.2) is 45.1 Å². The van der Waals surface area contributed by atoms with Gasteiger partial charge in [0.15, 0.2) is 6.10 Å². The number of carbonyl (C=O) groups is 1. The van der Waals surface area contributed by atoms with E-state index >= 15 is 0 Å². The van der Waals surface area contributed by atoms with Crippen LogP contribution in [0, 0.1) is 0 Å². The highest BCUT2D eigenvalue weighted by molar-refractivity contribution is 7.86. The van der Waals surface area contributed by atoms with Crippen LogP contribution in [-0.2, 0) is 30.9 Å². The summed E-state index contributed by atoms with van der Waals surface area (Å²) in [7, 11) is -3.61. The van der Waals surface area contributed by atoms with Gasteiger partial charge in [0.25, 0.3) is 0 Å². The predicted molar refractivity (Wildman–Crippen MR) is 118 cm³/mol. The molecular formula is C22H27NO8S. The molecule has 2 aromatic carbocycles. The van der Waals surface area contributed by atoms with Crippen molar-refractivity contribution in [1.82, 2.24) is 5.48 Å². The van der Waals surface area contributed by atoms with Gasteiger partial charge >= 0.3 is 16.1 Å². The summed E-state index contributed by atoms with van der Waals surface area (Å²) in [5.74, 6) is -0.283. The fraction of sp³-hybridized carbons (Fsp3) is 0.318. The third kappa shape index (κ3) is 8.58. The van der Waals surface area contributed by atoms with Crippen LogP contribution in [0.3, 0.4) is 0 Å². The Labute approximate surface area is 187 Å². The van der Waals surface area contributed by atoms with Crippen molar-refractivity contribution in [3.05, 3.63) is 65.9 Å². The molecule has 0 aromatic heterocycles. The molecule has 0 saturated carbocycles. The number of ether oxygens (including phenoxy) is 2. The summed E-state index contributed by atoms with van der Waals surface area (Å²) in [6.07, 6.45) is 1.78. The Bertz CT molecular complexity index is 1000. The topological polar surface area (TPSA) is 120 Å². The van der Waals surface area contributed by atoms with E-state index in [0.717, 1.165) is 11.8 Å². The molecule has 10 heteroatoms. The van der Waals surface area contributed by atoms with Crippen molar-refractivity contribution in [1.29, 1.82) is 0 Å². The first-order valence-corrected chi connectivity index (χ1v) is 11.7. The minimum atomic E-state index is -3.61. The Morgan fingerprint density at radius 3 is 2.19 bits per heavy atom. The van der Waals surface area contributed by atoms with Crippen LogP contribution in [0.1, 0.15) is 25.0 Å². The second kappa shape index (κ2) is 12.1. The first kappa shape index (κ1) is 25.2. The van der Waals surface area contributed by atoms with E-state index in [9.17, 15) is 18.3 Å². The molecule has 0 fully saturated rings. The largest absolute Gasteiger partial charge is 0.479 e. The molecule has 0 spiro atoms. The lowest BCUT2D eigenvalue weighted by Crippen LogP contribution is -2.26. The van der Waals surface area contributed by atoms with Crippen LogP contribution >= 0.6 is 0 Å². The Morgan fingerprint density at radius 1 is 1.03 bits per heavy atom. The molecule has 174 valence electrons. The number of carboxylic acids is 1. The summed E-state index contributed by atoms with van der Waals surface area (Å²) in [6, 6.07) is 13.3. The van der Waals surface area contributed by atoms with Crippen LogP contribution in [0.25, 0.3) is 5.70 Å². The van der Waals surface area contributed by atoms with E-state index in [1.165, 1.54) is 18.4 Å². The van der Waals surface area contributed by atoms with Crippen LogP contribution < -0.4 is 14.4 Å². The van der Waals surface area contributed by atoms with Crippen molar-refractivity contribution < 1.29 is 36.8 Å². The van der Waals surface area contributed by atoms with Crippen molar-refractivity contribution in [2.24, 2.45) is 0 Å². The third-order valence-corrected chi connectivity index (χ3v) is 4.54. The predicted octanol–water partition coefficient (Wildman–Crippen LogP) is 2.98. The van der Waals surface area contributed by atoms with Crippen LogP contribution in [0.4, 0.5) is 0 Å². The average Bonchev–Trinajstić information content (AvgIpc) is 2.74. The number of hydroxylamine groups is 1. The van der Waals surface area contributed by atoms with Crippen LogP contribution in [0.5, 0.6) is 11.5 Å². The zero-order valence-electron chi connectivity index (χ0n) is 18.1. The zero-order valence-corrected chi connectivity index (χ0v) is 18.9. The lowest BCUT2D eigenvalue weighted by atomic mass is 10.1. The second-order valence-corrected chi connectivity index (χ2v) is 8.20. The number of rotatable bonds is 13. The highest BCUT2D eigenvalue weighted by Crippen LogP contribution is 2.20. The van der Waals surface area contributed by atoms with Crippen LogP contribution in [0.15, 0.2) is 54.8 Å². The zero-order chi connectivity index (χ0) is 23.6. The minimum Gasteiger partial charge on any atom is -0.479 e. The van der Waals surface area contributed by atoms with Crippen molar-refractivity contribution in [3.8, 4) is 11.5 Å². The molecule has 0 aliphatic heterocycles. The monoisotopic (exact) mass is 465 g/mol. The van der Waals surface area contributed by atoms with E-state index in [1.54, 1.807) is 43.3 Å². The van der Waals surface area contributed by atoms with Gasteiger partial charge in [-0.25, -0.2) is 4.79 Å². The molecule has 2 N–H and O–H groups in total. The molecule has 32 heavy (non-hydrogen) atoms. The fourth-order valence-electron chi connectivity index (χ4n) is 2.63. The lowest BCUT2D eigenvalue weighted by molar-refractivity contribution is -0.149. The molecule has 0 heterocycles. The summed E-state index contributed by atoms with van der Waals surface area (Å²) in [5, 5.41) is 9.20. The second-order valence-electron chi connectivity index (χ2n) is 6.63. The fourth-order valence-corrected chi connectivity index (χ4v) is 3.09. The average molecular weight is 466 g/mol. The van der Waals surface area contributed by atoms with Gasteiger partial charge in [-0.3, -0.25) is 10.3 Å². The van der Waals surface area contributed by atoms with Crippen molar-refractivity contribution >= 4 is 21.8 Å². The van der Waals surface area contributed by atoms with Gasteiger partial charge in [-0.15, -0.1) is 0 Å². The Hall–Kier alpha value is -3.08. The number of benzene rings is 2. The minimum absolute atomic E-state index is 0.190. The third-order valence-electron chi connectivity index (χ3n) is 4.04. The first-order chi connectivity index (χ1) is 15.2. The van der Waals surface area contributed by atoms with Crippen molar-refractivity contribution in [2.45, 2.75) is 26.4 Å². The summed E-state index contributed by atoms with van der Waals surface area (Å²) in [5.41, 5.74) is 4.77. The molecule has 1 unspecified atom stereocenters. The highest BCUT2D eigenvalue weighted by Gasteiger charge is 2.17. The van der Waals surface area contributed by atoms with Gasteiger partial charge in [0.05, 0.1) is 12.9 Å². The first-order valence-electron chi connectivity index (χ1n) is 9.89. The SMILES string of the molecule is CCONC(=COc1ccc(CC(OCC)C(=O)O)cc1)c1ccc(OS(C)(=O)=O)cc1. The van der Waals surface area contributed by atoms with E-state index in [-0.39, 0.29) is 12.2 Å². The summed E-state index contributed by atoms with van der Waals surface area (Å²) < 4.78 is 38.3. The molecule has 0 radical (unpaired) electrons. The molecule has 0 saturated heterocycles. The molecule has 0 amide bonds. The summed E-state index contributed by atoms with van der Waals surface area (Å²) >= 11 is 0. The van der Waals surface area contributed by atoms with E-state index in [2.05, 4.69) is 5.48 Å². The maximum Gasteiger partial charge on any atom is 0.333 e. The van der Waals surface area contributed by atoms with E-state index in [4.69, 9.17) is 18.5 Å².